The van der Waals surface area contributed by atoms with Crippen molar-refractivity contribution in [1.82, 2.24) is 4.90 Å². The Hall–Kier alpha value is -0.630. The van der Waals surface area contributed by atoms with E-state index in [1.165, 1.54) is 12.8 Å². The van der Waals surface area contributed by atoms with Gasteiger partial charge >= 0.3 is 0 Å². The van der Waals surface area contributed by atoms with Gasteiger partial charge in [0.15, 0.2) is 0 Å². The molecule has 1 saturated carbocycles. The van der Waals surface area contributed by atoms with Gasteiger partial charge in [0.05, 0.1) is 12.2 Å². The Bertz CT molecular complexity index is 296. The molecule has 2 rings (SSSR count). The van der Waals surface area contributed by atoms with E-state index >= 15 is 0 Å². The van der Waals surface area contributed by atoms with Gasteiger partial charge in [0, 0.05) is 39.2 Å². The molecule has 1 aliphatic heterocycles. The van der Waals surface area contributed by atoms with E-state index < -0.39 is 0 Å². The maximum absolute atomic E-state index is 8.86. The van der Waals surface area contributed by atoms with E-state index in [9.17, 15) is 0 Å². The van der Waals surface area contributed by atoms with Crippen LogP contribution in [0.4, 0.5) is 0 Å². The molecule has 96 valence electrons. The summed E-state index contributed by atoms with van der Waals surface area (Å²) in [6, 6.07) is 2.77. The molecule has 17 heavy (non-hydrogen) atoms. The number of methoxy groups -OCH3 is 1. The molecule has 2 aliphatic rings. The molecule has 2 N–H and O–H groups in total. The fourth-order valence-electron chi connectivity index (χ4n) is 2.90. The Morgan fingerprint density at radius 2 is 2.29 bits per heavy atom. The fraction of sp³-hybridized carbons (Fsp3) is 0.923. The molecule has 1 aliphatic carbocycles. The number of nitrogens with two attached hydrogens (primary N) is 1. The van der Waals surface area contributed by atoms with Crippen molar-refractivity contribution in [3.63, 3.8) is 0 Å². The molecule has 0 spiro atoms. The van der Waals surface area contributed by atoms with Crippen molar-refractivity contribution < 1.29 is 4.74 Å². The summed E-state index contributed by atoms with van der Waals surface area (Å²) in [6.45, 7) is 2.81. The number of hydrogen-bond acceptors (Lipinski definition) is 4. The summed E-state index contributed by atoms with van der Waals surface area (Å²) in [5.41, 5.74) is 6.16. The van der Waals surface area contributed by atoms with Crippen LogP contribution in [0.25, 0.3) is 0 Å². The monoisotopic (exact) mass is 237 g/mol. The molecular formula is C13H23N3O. The average Bonchev–Trinajstić information content (AvgIpc) is 3.10. The maximum Gasteiger partial charge on any atom is 0.0628 e. The first-order valence-corrected chi connectivity index (χ1v) is 6.57. The third-order valence-corrected chi connectivity index (χ3v) is 4.34. The number of hydrogen-bond donors (Lipinski definition) is 1. The van der Waals surface area contributed by atoms with Crippen molar-refractivity contribution >= 4 is 0 Å². The van der Waals surface area contributed by atoms with Gasteiger partial charge in [0.2, 0.25) is 0 Å². The van der Waals surface area contributed by atoms with Crippen LogP contribution in [0.5, 0.6) is 0 Å². The standard InChI is InChI=1S/C13H23N3O/c1-17-12-2-7-16(11(8-12)9-15)10-13(3-4-13)5-6-14/h11-12H,2-5,7-10,15H2,1H3. The molecule has 2 fully saturated rings. The van der Waals surface area contributed by atoms with Crippen LogP contribution in [0.15, 0.2) is 0 Å². The highest BCUT2D eigenvalue weighted by atomic mass is 16.5. The van der Waals surface area contributed by atoms with Crippen LogP contribution in [0.2, 0.25) is 0 Å². The number of piperidine rings is 1. The molecule has 0 aromatic rings. The molecule has 4 nitrogen and oxygen atoms in total. The lowest BCUT2D eigenvalue weighted by molar-refractivity contribution is 0.00615. The van der Waals surface area contributed by atoms with Gasteiger partial charge in [-0.15, -0.1) is 0 Å². The first-order valence-electron chi connectivity index (χ1n) is 6.57. The van der Waals surface area contributed by atoms with E-state index in [0.29, 0.717) is 30.5 Å². The van der Waals surface area contributed by atoms with E-state index in [4.69, 9.17) is 15.7 Å². The molecule has 2 unspecified atom stereocenters. The normalized spacial score (nSPS) is 32.1. The van der Waals surface area contributed by atoms with Crippen molar-refractivity contribution in [2.75, 3.05) is 26.7 Å². The minimum atomic E-state index is 0.294. The zero-order valence-corrected chi connectivity index (χ0v) is 10.7. The second-order valence-electron chi connectivity index (χ2n) is 5.58. The largest absolute Gasteiger partial charge is 0.381 e. The van der Waals surface area contributed by atoms with E-state index in [0.717, 1.165) is 25.9 Å². The lowest BCUT2D eigenvalue weighted by atomic mass is 9.95. The highest BCUT2D eigenvalue weighted by molar-refractivity contribution is 5.02. The Morgan fingerprint density at radius 3 is 2.82 bits per heavy atom. The SMILES string of the molecule is COC1CCN(CC2(CC#N)CC2)C(CN)C1. The summed E-state index contributed by atoms with van der Waals surface area (Å²) in [5.74, 6) is 0. The first kappa shape index (κ1) is 12.8. The molecule has 1 saturated heterocycles. The van der Waals surface area contributed by atoms with E-state index in [1.807, 2.05) is 0 Å². The number of ether oxygens (including phenoxy) is 1. The fourth-order valence-corrected chi connectivity index (χ4v) is 2.90. The summed E-state index contributed by atoms with van der Waals surface area (Å²) in [4.78, 5) is 2.49. The van der Waals surface area contributed by atoms with Crippen molar-refractivity contribution in [1.29, 1.82) is 5.26 Å². The second kappa shape index (κ2) is 5.34. The van der Waals surface area contributed by atoms with Crippen LogP contribution in [-0.4, -0.2) is 43.8 Å². The molecule has 0 bridgehead atoms. The van der Waals surface area contributed by atoms with Gasteiger partial charge in [-0.2, -0.15) is 5.26 Å². The Morgan fingerprint density at radius 1 is 1.53 bits per heavy atom. The number of nitriles is 1. The Balaban J connectivity index is 1.90. The topological polar surface area (TPSA) is 62.3 Å². The van der Waals surface area contributed by atoms with Gasteiger partial charge in [0.25, 0.3) is 0 Å². The first-order chi connectivity index (χ1) is 8.23. The van der Waals surface area contributed by atoms with Crippen molar-refractivity contribution in [3.8, 4) is 6.07 Å². The number of nitrogens with zero attached hydrogens (tertiary/aromatic N) is 2. The second-order valence-corrected chi connectivity index (χ2v) is 5.58. The lowest BCUT2D eigenvalue weighted by Crippen LogP contribution is -2.50. The minimum absolute atomic E-state index is 0.294. The summed E-state index contributed by atoms with van der Waals surface area (Å²) < 4.78 is 5.43. The van der Waals surface area contributed by atoms with Crippen LogP contribution in [-0.2, 0) is 4.74 Å². The van der Waals surface area contributed by atoms with Gasteiger partial charge in [-0.3, -0.25) is 4.90 Å². The van der Waals surface area contributed by atoms with Crippen molar-refractivity contribution in [2.45, 2.75) is 44.2 Å². The molecule has 0 aromatic heterocycles. The molecule has 4 heteroatoms. The third-order valence-electron chi connectivity index (χ3n) is 4.34. The molecule has 0 radical (unpaired) electrons. The molecule has 0 aromatic carbocycles. The van der Waals surface area contributed by atoms with Gasteiger partial charge < -0.3 is 10.5 Å². The quantitative estimate of drug-likeness (QED) is 0.778. The van der Waals surface area contributed by atoms with Gasteiger partial charge in [-0.25, -0.2) is 0 Å². The van der Waals surface area contributed by atoms with Gasteiger partial charge in [0.1, 0.15) is 0 Å². The highest BCUT2D eigenvalue weighted by Gasteiger charge is 2.45. The van der Waals surface area contributed by atoms with Crippen LogP contribution < -0.4 is 5.73 Å². The molecular weight excluding hydrogens is 214 g/mol. The predicted molar refractivity (Wildman–Crippen MR) is 66.3 cm³/mol. The summed E-state index contributed by atoms with van der Waals surface area (Å²) in [7, 11) is 1.78. The maximum atomic E-state index is 8.86. The van der Waals surface area contributed by atoms with Crippen LogP contribution in [0.3, 0.4) is 0 Å². The Kier molecular flexibility index (Phi) is 4.03. The smallest absolute Gasteiger partial charge is 0.0628 e. The van der Waals surface area contributed by atoms with E-state index in [1.54, 1.807) is 7.11 Å². The summed E-state index contributed by atoms with van der Waals surface area (Å²) in [6.07, 6.45) is 5.62. The zero-order valence-electron chi connectivity index (χ0n) is 10.7. The van der Waals surface area contributed by atoms with Crippen molar-refractivity contribution in [3.05, 3.63) is 0 Å². The van der Waals surface area contributed by atoms with Crippen LogP contribution in [0.1, 0.15) is 32.1 Å². The van der Waals surface area contributed by atoms with Crippen molar-refractivity contribution in [2.24, 2.45) is 11.1 Å². The average molecular weight is 237 g/mol. The van der Waals surface area contributed by atoms with E-state index in [-0.39, 0.29) is 0 Å². The molecule has 0 amide bonds. The molecule has 1 heterocycles. The van der Waals surface area contributed by atoms with Gasteiger partial charge in [-0.1, -0.05) is 0 Å². The third kappa shape index (κ3) is 2.98. The number of rotatable bonds is 5. The van der Waals surface area contributed by atoms with E-state index in [2.05, 4.69) is 11.0 Å². The predicted octanol–water partition coefficient (Wildman–Crippen LogP) is 1.12. The summed E-state index contributed by atoms with van der Waals surface area (Å²) >= 11 is 0. The highest BCUT2D eigenvalue weighted by Crippen LogP contribution is 2.49. The van der Waals surface area contributed by atoms with Crippen LogP contribution >= 0.6 is 0 Å². The zero-order chi connectivity index (χ0) is 12.3. The van der Waals surface area contributed by atoms with Crippen LogP contribution in [0, 0.1) is 16.7 Å². The number of likely N-dealkylation sites (tertiary alicyclic amines) is 1. The summed E-state index contributed by atoms with van der Waals surface area (Å²) in [5, 5.41) is 8.86. The lowest BCUT2D eigenvalue weighted by Gasteiger charge is -2.40. The Labute approximate surface area is 104 Å². The minimum Gasteiger partial charge on any atom is -0.381 e. The molecule has 2 atom stereocenters. The van der Waals surface area contributed by atoms with Gasteiger partial charge in [-0.05, 0) is 31.1 Å².